The third kappa shape index (κ3) is 3.00. The molecule has 0 radical (unpaired) electrons. The molecule has 0 heterocycles. The van der Waals surface area contributed by atoms with Gasteiger partial charge in [0, 0.05) is 0 Å². The van der Waals surface area contributed by atoms with Crippen LogP contribution in [0.1, 0.15) is 0 Å². The smallest absolute Gasteiger partial charge is 0.397 e. The second kappa shape index (κ2) is 4.67. The maximum atomic E-state index is 12.3. The largest absolute Gasteiger partial charge is 0.473 e. The molecule has 0 saturated heterocycles. The van der Waals surface area contributed by atoms with Crippen molar-refractivity contribution in [2.45, 2.75) is 24.1 Å². The highest BCUT2D eigenvalue weighted by atomic mass is 19.4. The molecule has 0 atom stereocenters. The van der Waals surface area contributed by atoms with E-state index in [9.17, 15) is 52.7 Å². The molecule has 114 valence electrons. The zero-order valence-electron chi connectivity index (χ0n) is 7.94. The third-order valence-electron chi connectivity index (χ3n) is 1.48. The molecule has 0 amide bonds. The summed E-state index contributed by atoms with van der Waals surface area (Å²) in [5.41, 5.74) is 0. The van der Waals surface area contributed by atoms with Gasteiger partial charge in [-0.15, -0.1) is 0 Å². The molecule has 0 aliphatic carbocycles. The summed E-state index contributed by atoms with van der Waals surface area (Å²) in [6.07, 6.45) is -17.8. The lowest BCUT2D eigenvalue weighted by molar-refractivity contribution is -0.440. The first-order chi connectivity index (χ1) is 8.08. The molecule has 0 fully saturated rings. The number of hydrogen-bond acceptors (Lipinski definition) is 1. The molecule has 1 nitrogen and oxygen atoms in total. The fraction of sp³-hybridized carbons (Fsp3) is 0.667. The molecule has 19 heavy (non-hydrogen) atoms. The Balaban J connectivity index is 5.59. The molecular formula is C6F12O. The first kappa shape index (κ1) is 17.7. The van der Waals surface area contributed by atoms with Crippen LogP contribution in [-0.2, 0) is 4.74 Å². The number of rotatable bonds is 4. The molecule has 0 aromatic carbocycles. The van der Waals surface area contributed by atoms with E-state index in [1.54, 1.807) is 0 Å². The summed E-state index contributed by atoms with van der Waals surface area (Å²) in [5, 5.41) is 0. The van der Waals surface area contributed by atoms with Gasteiger partial charge in [0.05, 0.1) is 0 Å². The van der Waals surface area contributed by atoms with Gasteiger partial charge in [0.25, 0.3) is 0 Å². The van der Waals surface area contributed by atoms with E-state index in [-0.39, 0.29) is 0 Å². The van der Waals surface area contributed by atoms with E-state index in [0.717, 1.165) is 0 Å². The van der Waals surface area contributed by atoms with Gasteiger partial charge in [0.1, 0.15) is 0 Å². The van der Waals surface area contributed by atoms with E-state index >= 15 is 0 Å². The van der Waals surface area contributed by atoms with Crippen molar-refractivity contribution in [2.75, 3.05) is 0 Å². The third-order valence-corrected chi connectivity index (χ3v) is 1.48. The molecule has 0 spiro atoms. The van der Waals surface area contributed by atoms with Crippen LogP contribution in [0, 0.1) is 0 Å². The second-order valence-corrected chi connectivity index (χ2v) is 2.80. The highest BCUT2D eigenvalue weighted by molar-refractivity contribution is 4.98. The molecule has 0 bridgehead atoms. The molecule has 0 N–H and O–H groups in total. The van der Waals surface area contributed by atoms with Crippen LogP contribution < -0.4 is 0 Å². The summed E-state index contributed by atoms with van der Waals surface area (Å²) < 4.78 is 144. The summed E-state index contributed by atoms with van der Waals surface area (Å²) in [4.78, 5) is 0. The minimum atomic E-state index is -7.35. The summed E-state index contributed by atoms with van der Waals surface area (Å²) in [5.74, 6) is -14.7. The van der Waals surface area contributed by atoms with Crippen molar-refractivity contribution < 1.29 is 57.4 Å². The van der Waals surface area contributed by atoms with Gasteiger partial charge in [0.15, 0.2) is 0 Å². The first-order valence-electron chi connectivity index (χ1n) is 3.68. The van der Waals surface area contributed by atoms with Crippen LogP contribution in [0.25, 0.3) is 0 Å². The predicted octanol–water partition coefficient (Wildman–Crippen LogP) is 4.46. The minimum absolute atomic E-state index is 1.85. The SMILES string of the molecule is FC(F)=C(F)OC(F)(F)C(F)(F)C(F)(F)C(F)(F)F. The van der Waals surface area contributed by atoms with E-state index in [0.29, 0.717) is 0 Å². The highest BCUT2D eigenvalue weighted by Crippen LogP contribution is 2.53. The van der Waals surface area contributed by atoms with Crippen molar-refractivity contribution in [1.82, 2.24) is 0 Å². The molecule has 0 aliphatic rings. The summed E-state index contributed by atoms with van der Waals surface area (Å²) in [6, 6.07) is -3.72. The summed E-state index contributed by atoms with van der Waals surface area (Å²) in [6.45, 7) is 0. The molecule has 0 rings (SSSR count). The Morgan fingerprint density at radius 3 is 1.26 bits per heavy atom. The van der Waals surface area contributed by atoms with Gasteiger partial charge >= 0.3 is 36.2 Å². The van der Waals surface area contributed by atoms with Crippen molar-refractivity contribution >= 4 is 0 Å². The van der Waals surface area contributed by atoms with Crippen molar-refractivity contribution in [1.29, 1.82) is 0 Å². The quantitative estimate of drug-likeness (QED) is 0.549. The van der Waals surface area contributed by atoms with Crippen molar-refractivity contribution in [2.24, 2.45) is 0 Å². The Morgan fingerprint density at radius 1 is 0.632 bits per heavy atom. The lowest BCUT2D eigenvalue weighted by Crippen LogP contribution is -2.61. The summed E-state index contributed by atoms with van der Waals surface area (Å²) >= 11 is 0. The van der Waals surface area contributed by atoms with E-state index in [1.165, 1.54) is 0 Å². The first-order valence-corrected chi connectivity index (χ1v) is 3.68. The predicted molar refractivity (Wildman–Crippen MR) is 32.3 cm³/mol. The average Bonchev–Trinajstić information content (AvgIpc) is 2.14. The van der Waals surface area contributed by atoms with Crippen LogP contribution in [0.3, 0.4) is 0 Å². The van der Waals surface area contributed by atoms with Gasteiger partial charge in [-0.3, -0.25) is 0 Å². The van der Waals surface area contributed by atoms with Crippen LogP contribution in [0.5, 0.6) is 0 Å². The molecule has 13 heteroatoms. The number of alkyl halides is 9. The molecule has 0 unspecified atom stereocenters. The monoisotopic (exact) mass is 316 g/mol. The molecule has 0 aromatic rings. The van der Waals surface area contributed by atoms with Gasteiger partial charge in [0.2, 0.25) is 0 Å². The van der Waals surface area contributed by atoms with Gasteiger partial charge in [-0.25, -0.2) is 0 Å². The van der Waals surface area contributed by atoms with E-state index in [2.05, 4.69) is 0 Å². The van der Waals surface area contributed by atoms with Crippen molar-refractivity contribution in [3.05, 3.63) is 12.1 Å². The summed E-state index contributed by atoms with van der Waals surface area (Å²) in [7, 11) is 0. The van der Waals surface area contributed by atoms with Crippen molar-refractivity contribution in [3.63, 3.8) is 0 Å². The van der Waals surface area contributed by atoms with E-state index in [4.69, 9.17) is 0 Å². The normalized spacial score (nSPS) is 14.3. The van der Waals surface area contributed by atoms with Gasteiger partial charge in [-0.1, -0.05) is 0 Å². The van der Waals surface area contributed by atoms with Gasteiger partial charge < -0.3 is 4.74 Å². The number of ether oxygens (including phenoxy) is 1. The topological polar surface area (TPSA) is 9.23 Å². The van der Waals surface area contributed by atoms with Crippen LogP contribution in [-0.4, -0.2) is 24.1 Å². The Kier molecular flexibility index (Phi) is 4.35. The Morgan fingerprint density at radius 2 is 1.00 bits per heavy atom. The number of hydrogen-bond donors (Lipinski definition) is 0. The average molecular weight is 316 g/mol. The zero-order chi connectivity index (χ0) is 15.9. The fourth-order valence-electron chi connectivity index (χ4n) is 0.576. The standard InChI is InChI=1S/C6F12O/c7-1(8)2(9)19-6(17,18)4(12,13)3(10,11)5(14,15)16. The maximum Gasteiger partial charge on any atom is 0.473 e. The minimum Gasteiger partial charge on any atom is -0.397 e. The number of halogens is 12. The zero-order valence-corrected chi connectivity index (χ0v) is 7.94. The van der Waals surface area contributed by atoms with Crippen LogP contribution in [0.4, 0.5) is 52.7 Å². The van der Waals surface area contributed by atoms with Gasteiger partial charge in [-0.05, 0) is 0 Å². The van der Waals surface area contributed by atoms with E-state index < -0.39 is 36.2 Å². The second-order valence-electron chi connectivity index (χ2n) is 2.80. The van der Waals surface area contributed by atoms with Gasteiger partial charge in [-0.2, -0.15) is 52.7 Å². The Bertz CT molecular complexity index is 361. The molecule has 0 saturated carbocycles. The fourth-order valence-corrected chi connectivity index (χ4v) is 0.576. The molecule has 0 aliphatic heterocycles. The van der Waals surface area contributed by atoms with E-state index in [1.807, 2.05) is 4.74 Å². The lowest BCUT2D eigenvalue weighted by atomic mass is 10.1. The van der Waals surface area contributed by atoms with Crippen LogP contribution in [0.2, 0.25) is 0 Å². The molecule has 0 aromatic heterocycles. The molecular weight excluding hydrogens is 316 g/mol. The van der Waals surface area contributed by atoms with Crippen LogP contribution >= 0.6 is 0 Å². The van der Waals surface area contributed by atoms with Crippen LogP contribution in [0.15, 0.2) is 12.1 Å². The van der Waals surface area contributed by atoms with Crippen molar-refractivity contribution in [3.8, 4) is 0 Å². The highest BCUT2D eigenvalue weighted by Gasteiger charge is 2.83. The Labute approximate surface area is 95.0 Å². The Hall–Kier alpha value is -1.30. The lowest BCUT2D eigenvalue weighted by Gasteiger charge is -2.32. The maximum absolute atomic E-state index is 12.3.